The van der Waals surface area contributed by atoms with E-state index in [2.05, 4.69) is 25.8 Å². The van der Waals surface area contributed by atoms with Crippen molar-refractivity contribution in [3.63, 3.8) is 0 Å². The highest BCUT2D eigenvalue weighted by molar-refractivity contribution is 14.0. The van der Waals surface area contributed by atoms with E-state index in [-0.39, 0.29) is 35.9 Å². The summed E-state index contributed by atoms with van der Waals surface area (Å²) in [5.74, 6) is 1.88. The standard InChI is InChI=1S/C17H25N7O.HI/c1-3-16(25)23-11-8-13(12-23)20-17(18-2)19-9-7-15-22-21-14-6-4-5-10-24(14)15;/h4-6,10,13H,3,7-9,11-12H2,1-2H3,(H2,18,19,20);1H. The van der Waals surface area contributed by atoms with Crippen LogP contribution in [-0.4, -0.2) is 64.1 Å². The van der Waals surface area contributed by atoms with Crippen molar-refractivity contribution in [2.75, 3.05) is 26.7 Å². The number of carbonyl (C=O) groups excluding carboxylic acids is 1. The molecule has 1 fully saturated rings. The van der Waals surface area contributed by atoms with E-state index in [4.69, 9.17) is 0 Å². The Bertz CT molecular complexity index is 760. The molecule has 2 N–H and O–H groups in total. The van der Waals surface area contributed by atoms with Gasteiger partial charge in [-0.25, -0.2) is 0 Å². The average molecular weight is 471 g/mol. The molecule has 8 nitrogen and oxygen atoms in total. The van der Waals surface area contributed by atoms with Crippen LogP contribution in [-0.2, 0) is 11.2 Å². The van der Waals surface area contributed by atoms with Gasteiger partial charge in [0.25, 0.3) is 0 Å². The Morgan fingerprint density at radius 2 is 2.23 bits per heavy atom. The zero-order chi connectivity index (χ0) is 17.6. The average Bonchev–Trinajstić information content (AvgIpc) is 3.27. The molecular formula is C17H26IN7O. The Hall–Kier alpha value is -1.91. The highest BCUT2D eigenvalue weighted by Crippen LogP contribution is 2.10. The van der Waals surface area contributed by atoms with E-state index in [1.54, 1.807) is 7.05 Å². The molecule has 142 valence electrons. The molecule has 2 aromatic heterocycles. The van der Waals surface area contributed by atoms with Crippen LogP contribution in [0.1, 0.15) is 25.6 Å². The Morgan fingerprint density at radius 1 is 1.38 bits per heavy atom. The van der Waals surface area contributed by atoms with Gasteiger partial charge in [-0.15, -0.1) is 34.2 Å². The second-order valence-corrected chi connectivity index (χ2v) is 6.12. The summed E-state index contributed by atoms with van der Waals surface area (Å²) in [6.07, 6.45) is 4.22. The lowest BCUT2D eigenvalue weighted by Gasteiger charge is -2.18. The van der Waals surface area contributed by atoms with Crippen molar-refractivity contribution in [1.29, 1.82) is 0 Å². The van der Waals surface area contributed by atoms with E-state index in [1.807, 2.05) is 40.6 Å². The van der Waals surface area contributed by atoms with E-state index in [1.165, 1.54) is 0 Å². The van der Waals surface area contributed by atoms with Crippen molar-refractivity contribution in [3.05, 3.63) is 30.2 Å². The molecule has 1 atom stereocenters. The second kappa shape index (κ2) is 9.70. The topological polar surface area (TPSA) is 86.9 Å². The molecule has 3 rings (SSSR count). The maximum atomic E-state index is 11.8. The van der Waals surface area contributed by atoms with Gasteiger partial charge < -0.3 is 15.5 Å². The van der Waals surface area contributed by atoms with Gasteiger partial charge in [0.2, 0.25) is 5.91 Å². The van der Waals surface area contributed by atoms with Gasteiger partial charge >= 0.3 is 0 Å². The minimum Gasteiger partial charge on any atom is -0.356 e. The molecule has 1 aliphatic rings. The van der Waals surface area contributed by atoms with E-state index in [0.29, 0.717) is 13.0 Å². The number of rotatable bonds is 5. The summed E-state index contributed by atoms with van der Waals surface area (Å²) in [6.45, 7) is 4.16. The minimum absolute atomic E-state index is 0. The Morgan fingerprint density at radius 3 is 3.00 bits per heavy atom. The van der Waals surface area contributed by atoms with Gasteiger partial charge in [0, 0.05) is 51.8 Å². The van der Waals surface area contributed by atoms with Crippen LogP contribution >= 0.6 is 24.0 Å². The van der Waals surface area contributed by atoms with Crippen molar-refractivity contribution in [3.8, 4) is 0 Å². The fraction of sp³-hybridized carbons (Fsp3) is 0.529. The summed E-state index contributed by atoms with van der Waals surface area (Å²) in [5, 5.41) is 15.1. The monoisotopic (exact) mass is 471 g/mol. The first-order chi connectivity index (χ1) is 12.2. The summed E-state index contributed by atoms with van der Waals surface area (Å²) < 4.78 is 1.99. The summed E-state index contributed by atoms with van der Waals surface area (Å²) >= 11 is 0. The number of nitrogens with one attached hydrogen (secondary N) is 2. The highest BCUT2D eigenvalue weighted by Gasteiger charge is 2.25. The molecule has 1 aliphatic heterocycles. The van der Waals surface area contributed by atoms with E-state index < -0.39 is 0 Å². The molecule has 2 aromatic rings. The van der Waals surface area contributed by atoms with Crippen molar-refractivity contribution in [2.45, 2.75) is 32.2 Å². The van der Waals surface area contributed by atoms with E-state index in [9.17, 15) is 4.79 Å². The number of aromatic nitrogens is 3. The molecule has 0 bridgehead atoms. The molecule has 1 amide bonds. The third-order valence-corrected chi connectivity index (χ3v) is 4.43. The predicted molar refractivity (Wildman–Crippen MR) is 112 cm³/mol. The summed E-state index contributed by atoms with van der Waals surface area (Å²) in [5.41, 5.74) is 0.853. The molecule has 26 heavy (non-hydrogen) atoms. The number of hydrogen-bond acceptors (Lipinski definition) is 4. The minimum atomic E-state index is 0. The number of pyridine rings is 1. The third kappa shape index (κ3) is 4.83. The number of hydrogen-bond donors (Lipinski definition) is 2. The number of amides is 1. The van der Waals surface area contributed by atoms with Gasteiger partial charge in [-0.3, -0.25) is 14.2 Å². The third-order valence-electron chi connectivity index (χ3n) is 4.43. The van der Waals surface area contributed by atoms with Gasteiger partial charge in [-0.05, 0) is 18.6 Å². The SMILES string of the molecule is CCC(=O)N1CCC(NC(=NC)NCCc2nnc3ccccn23)C1.I. The fourth-order valence-corrected chi connectivity index (χ4v) is 3.07. The van der Waals surface area contributed by atoms with Gasteiger partial charge in [-0.1, -0.05) is 13.0 Å². The first-order valence-corrected chi connectivity index (χ1v) is 8.75. The van der Waals surface area contributed by atoms with Crippen LogP contribution in [0.5, 0.6) is 0 Å². The summed E-state index contributed by atoms with van der Waals surface area (Å²) in [6, 6.07) is 6.10. The molecular weight excluding hydrogens is 445 g/mol. The molecule has 0 spiro atoms. The maximum Gasteiger partial charge on any atom is 0.222 e. The van der Waals surface area contributed by atoms with Crippen molar-refractivity contribution >= 4 is 41.5 Å². The van der Waals surface area contributed by atoms with Crippen LogP contribution in [0.2, 0.25) is 0 Å². The fourth-order valence-electron chi connectivity index (χ4n) is 3.07. The number of carbonyl (C=O) groups is 1. The molecule has 0 saturated carbocycles. The molecule has 1 unspecified atom stereocenters. The molecule has 9 heteroatoms. The van der Waals surface area contributed by atoms with E-state index >= 15 is 0 Å². The Kier molecular flexibility index (Phi) is 7.61. The first-order valence-electron chi connectivity index (χ1n) is 8.75. The first kappa shape index (κ1) is 20.4. The number of likely N-dealkylation sites (tertiary alicyclic amines) is 1. The smallest absolute Gasteiger partial charge is 0.222 e. The summed E-state index contributed by atoms with van der Waals surface area (Å²) in [7, 11) is 1.76. The van der Waals surface area contributed by atoms with Gasteiger partial charge in [0.05, 0.1) is 0 Å². The molecule has 1 saturated heterocycles. The maximum absolute atomic E-state index is 11.8. The van der Waals surface area contributed by atoms with Gasteiger partial charge in [0.1, 0.15) is 5.82 Å². The van der Waals surface area contributed by atoms with Crippen LogP contribution in [0.3, 0.4) is 0 Å². The molecule has 3 heterocycles. The van der Waals surface area contributed by atoms with Crippen molar-refractivity contribution in [1.82, 2.24) is 30.1 Å². The predicted octanol–water partition coefficient (Wildman–Crippen LogP) is 1.07. The van der Waals surface area contributed by atoms with Gasteiger partial charge in [-0.2, -0.15) is 0 Å². The number of guanidine groups is 1. The highest BCUT2D eigenvalue weighted by atomic mass is 127. The van der Waals surface area contributed by atoms with Crippen LogP contribution in [0.4, 0.5) is 0 Å². The largest absolute Gasteiger partial charge is 0.356 e. The quantitative estimate of drug-likeness (QED) is 0.387. The van der Waals surface area contributed by atoms with E-state index in [0.717, 1.165) is 43.4 Å². The van der Waals surface area contributed by atoms with Gasteiger partial charge in [0.15, 0.2) is 11.6 Å². The second-order valence-electron chi connectivity index (χ2n) is 6.12. The van der Waals surface area contributed by atoms with Crippen LogP contribution in [0, 0.1) is 0 Å². The number of aliphatic imine (C=N–C) groups is 1. The zero-order valence-corrected chi connectivity index (χ0v) is 17.5. The van der Waals surface area contributed by atoms with Crippen LogP contribution < -0.4 is 10.6 Å². The van der Waals surface area contributed by atoms with Crippen molar-refractivity contribution in [2.24, 2.45) is 4.99 Å². The van der Waals surface area contributed by atoms with Crippen molar-refractivity contribution < 1.29 is 4.79 Å². The van der Waals surface area contributed by atoms with Crippen LogP contribution in [0.25, 0.3) is 5.65 Å². The number of halogens is 1. The lowest BCUT2D eigenvalue weighted by Crippen LogP contribution is -2.45. The Balaban J connectivity index is 0.00000243. The molecule has 0 radical (unpaired) electrons. The Labute approximate surface area is 170 Å². The zero-order valence-electron chi connectivity index (χ0n) is 15.2. The van der Waals surface area contributed by atoms with Crippen LogP contribution in [0.15, 0.2) is 29.4 Å². The number of nitrogens with zero attached hydrogens (tertiary/aromatic N) is 5. The molecule has 0 aromatic carbocycles. The normalized spacial score (nSPS) is 17.2. The summed E-state index contributed by atoms with van der Waals surface area (Å²) in [4.78, 5) is 17.9. The lowest BCUT2D eigenvalue weighted by atomic mass is 10.3. The lowest BCUT2D eigenvalue weighted by molar-refractivity contribution is -0.129. The number of fused-ring (bicyclic) bond motifs is 1. The molecule has 0 aliphatic carbocycles.